The Balaban J connectivity index is 1.43. The second-order valence-electron chi connectivity index (χ2n) is 9.08. The van der Waals surface area contributed by atoms with Gasteiger partial charge in [-0.05, 0) is 41.8 Å². The first kappa shape index (κ1) is 27.0. The summed E-state index contributed by atoms with van der Waals surface area (Å²) in [6.45, 7) is 2.25. The van der Waals surface area contributed by atoms with Crippen LogP contribution >= 0.6 is 35.0 Å². The standard InChI is InChI=1S/C31H26Cl2N4OS/c1-21-9-8-10-22(17-21)20-39-31-36-35-28(37(31)27-16-15-25(32)18-26(27)33)19-34-30(38)29(23-11-4-2-5-12-23)24-13-6-3-7-14-24/h2-18,29H,19-20H2,1H3,(H,34,38). The number of hydrogen-bond donors (Lipinski definition) is 1. The highest BCUT2D eigenvalue weighted by molar-refractivity contribution is 7.98. The number of amides is 1. The fourth-order valence-corrected chi connectivity index (χ4v) is 5.82. The normalized spacial score (nSPS) is 11.1. The molecule has 8 heteroatoms. The van der Waals surface area contributed by atoms with Gasteiger partial charge in [0, 0.05) is 10.8 Å². The van der Waals surface area contributed by atoms with E-state index in [2.05, 4.69) is 40.6 Å². The fraction of sp³-hybridized carbons (Fsp3) is 0.129. The molecule has 1 heterocycles. The van der Waals surface area contributed by atoms with Gasteiger partial charge in [-0.25, -0.2) is 0 Å². The number of nitrogens with zero attached hydrogens (tertiary/aromatic N) is 3. The Morgan fingerprint density at radius 1 is 0.872 bits per heavy atom. The van der Waals surface area contributed by atoms with Crippen molar-refractivity contribution in [2.75, 3.05) is 0 Å². The molecule has 196 valence electrons. The number of hydrogen-bond acceptors (Lipinski definition) is 4. The number of aryl methyl sites for hydroxylation is 1. The molecule has 0 fully saturated rings. The molecule has 5 nitrogen and oxygen atoms in total. The largest absolute Gasteiger partial charge is 0.348 e. The third kappa shape index (κ3) is 6.53. The van der Waals surface area contributed by atoms with Crippen LogP contribution in [0, 0.1) is 6.92 Å². The lowest BCUT2D eigenvalue weighted by Crippen LogP contribution is -2.30. The zero-order valence-corrected chi connectivity index (χ0v) is 23.5. The Bertz CT molecular complexity index is 1540. The minimum Gasteiger partial charge on any atom is -0.348 e. The van der Waals surface area contributed by atoms with E-state index in [0.29, 0.717) is 32.5 Å². The maximum absolute atomic E-state index is 13.6. The summed E-state index contributed by atoms with van der Waals surface area (Å²) in [5.74, 6) is 0.692. The number of carbonyl (C=O) groups excluding carboxylic acids is 1. The Kier molecular flexibility index (Phi) is 8.67. The minimum absolute atomic E-state index is 0.127. The van der Waals surface area contributed by atoms with Crippen molar-refractivity contribution >= 4 is 40.9 Å². The fourth-order valence-electron chi connectivity index (χ4n) is 4.42. The van der Waals surface area contributed by atoms with E-state index in [0.717, 1.165) is 11.1 Å². The molecule has 1 amide bonds. The highest BCUT2D eigenvalue weighted by atomic mass is 35.5. The SMILES string of the molecule is Cc1cccc(CSc2nnc(CNC(=O)C(c3ccccc3)c3ccccc3)n2-c2ccc(Cl)cc2Cl)c1. The van der Waals surface area contributed by atoms with Gasteiger partial charge >= 0.3 is 0 Å². The maximum atomic E-state index is 13.6. The summed E-state index contributed by atoms with van der Waals surface area (Å²) < 4.78 is 1.89. The minimum atomic E-state index is -0.460. The van der Waals surface area contributed by atoms with Gasteiger partial charge in [-0.2, -0.15) is 0 Å². The summed E-state index contributed by atoms with van der Waals surface area (Å²) in [5, 5.41) is 13.7. The average molecular weight is 574 g/mol. The first-order valence-electron chi connectivity index (χ1n) is 12.5. The van der Waals surface area contributed by atoms with Crippen molar-refractivity contribution in [3.63, 3.8) is 0 Å². The van der Waals surface area contributed by atoms with E-state index in [1.807, 2.05) is 77.4 Å². The molecule has 0 aliphatic heterocycles. The third-order valence-corrected chi connectivity index (χ3v) is 7.79. The van der Waals surface area contributed by atoms with Crippen molar-refractivity contribution in [3.8, 4) is 5.69 Å². The highest BCUT2D eigenvalue weighted by Crippen LogP contribution is 2.31. The monoisotopic (exact) mass is 572 g/mol. The quantitative estimate of drug-likeness (QED) is 0.184. The number of nitrogens with one attached hydrogen (secondary N) is 1. The zero-order chi connectivity index (χ0) is 27.2. The molecule has 0 aliphatic carbocycles. The molecule has 1 aromatic heterocycles. The van der Waals surface area contributed by atoms with Gasteiger partial charge in [0.25, 0.3) is 0 Å². The van der Waals surface area contributed by atoms with Crippen LogP contribution in [0.2, 0.25) is 10.0 Å². The van der Waals surface area contributed by atoms with Gasteiger partial charge < -0.3 is 5.32 Å². The summed E-state index contributed by atoms with van der Waals surface area (Å²) in [5.41, 5.74) is 4.91. The Morgan fingerprint density at radius 2 is 1.56 bits per heavy atom. The zero-order valence-electron chi connectivity index (χ0n) is 21.2. The van der Waals surface area contributed by atoms with Crippen LogP contribution in [0.5, 0.6) is 0 Å². The highest BCUT2D eigenvalue weighted by Gasteiger charge is 2.24. The average Bonchev–Trinajstić information content (AvgIpc) is 3.34. The van der Waals surface area contributed by atoms with E-state index < -0.39 is 5.92 Å². The van der Waals surface area contributed by atoms with Crippen LogP contribution in [0.4, 0.5) is 0 Å². The van der Waals surface area contributed by atoms with Crippen molar-refractivity contribution < 1.29 is 4.79 Å². The predicted octanol–water partition coefficient (Wildman–Crippen LogP) is 7.62. The topological polar surface area (TPSA) is 59.8 Å². The molecule has 39 heavy (non-hydrogen) atoms. The van der Waals surface area contributed by atoms with E-state index in [9.17, 15) is 4.79 Å². The van der Waals surface area contributed by atoms with Crippen LogP contribution in [0.1, 0.15) is 34.0 Å². The molecule has 0 aliphatic rings. The van der Waals surface area contributed by atoms with Gasteiger partial charge in [0.05, 0.1) is 23.2 Å². The molecule has 0 saturated heterocycles. The number of aromatic nitrogens is 3. The molecular formula is C31H26Cl2N4OS. The van der Waals surface area contributed by atoms with E-state index >= 15 is 0 Å². The summed E-state index contributed by atoms with van der Waals surface area (Å²) in [6.07, 6.45) is 0. The molecule has 0 saturated carbocycles. The third-order valence-electron chi connectivity index (χ3n) is 6.25. The molecule has 0 unspecified atom stereocenters. The lowest BCUT2D eigenvalue weighted by molar-refractivity contribution is -0.121. The summed E-state index contributed by atoms with van der Waals surface area (Å²) >= 11 is 14.4. The smallest absolute Gasteiger partial charge is 0.232 e. The molecule has 5 aromatic rings. The molecule has 4 aromatic carbocycles. The van der Waals surface area contributed by atoms with Crippen LogP contribution < -0.4 is 5.32 Å². The molecule has 5 rings (SSSR count). The van der Waals surface area contributed by atoms with Gasteiger partial charge in [-0.1, -0.05) is 125 Å². The Morgan fingerprint density at radius 3 is 2.21 bits per heavy atom. The van der Waals surface area contributed by atoms with Crippen molar-refractivity contribution in [3.05, 3.63) is 141 Å². The molecule has 0 radical (unpaired) electrons. The molecule has 0 spiro atoms. The number of rotatable bonds is 9. The van der Waals surface area contributed by atoms with Crippen molar-refractivity contribution in [2.45, 2.75) is 30.3 Å². The van der Waals surface area contributed by atoms with Crippen molar-refractivity contribution in [2.24, 2.45) is 0 Å². The molecule has 1 N–H and O–H groups in total. The Labute approximate surface area is 242 Å². The Hall–Kier alpha value is -3.58. The second kappa shape index (κ2) is 12.5. The number of thioether (sulfide) groups is 1. The molecular weight excluding hydrogens is 547 g/mol. The van der Waals surface area contributed by atoms with Crippen LogP contribution in [0.15, 0.2) is 108 Å². The lowest BCUT2D eigenvalue weighted by Gasteiger charge is -2.18. The van der Waals surface area contributed by atoms with Crippen LogP contribution in [-0.2, 0) is 17.1 Å². The van der Waals surface area contributed by atoms with Crippen molar-refractivity contribution in [1.29, 1.82) is 0 Å². The summed E-state index contributed by atoms with van der Waals surface area (Å²) in [7, 11) is 0. The van der Waals surface area contributed by atoms with E-state index in [-0.39, 0.29) is 12.5 Å². The first-order valence-corrected chi connectivity index (χ1v) is 14.2. The lowest BCUT2D eigenvalue weighted by atomic mass is 9.90. The predicted molar refractivity (Wildman–Crippen MR) is 159 cm³/mol. The van der Waals surface area contributed by atoms with Gasteiger partial charge in [0.1, 0.15) is 0 Å². The van der Waals surface area contributed by atoms with Gasteiger partial charge in [0.15, 0.2) is 11.0 Å². The van der Waals surface area contributed by atoms with Crippen LogP contribution in [0.3, 0.4) is 0 Å². The van der Waals surface area contributed by atoms with Gasteiger partial charge in [-0.3, -0.25) is 9.36 Å². The van der Waals surface area contributed by atoms with E-state index in [1.165, 1.54) is 11.1 Å². The molecule has 0 bridgehead atoms. The summed E-state index contributed by atoms with van der Waals surface area (Å²) in [4.78, 5) is 13.6. The van der Waals surface area contributed by atoms with Gasteiger partial charge in [0.2, 0.25) is 5.91 Å². The number of carbonyl (C=O) groups is 1. The number of halogens is 2. The maximum Gasteiger partial charge on any atom is 0.232 e. The summed E-state index contributed by atoms with van der Waals surface area (Å²) in [6, 6.07) is 33.2. The van der Waals surface area contributed by atoms with Crippen molar-refractivity contribution in [1.82, 2.24) is 20.1 Å². The van der Waals surface area contributed by atoms with E-state index in [4.69, 9.17) is 23.2 Å². The van der Waals surface area contributed by atoms with Crippen LogP contribution in [0.25, 0.3) is 5.69 Å². The van der Waals surface area contributed by atoms with E-state index in [1.54, 1.807) is 23.9 Å². The first-order chi connectivity index (χ1) is 19.0. The molecule has 0 atom stereocenters. The number of benzene rings is 4. The van der Waals surface area contributed by atoms with Crippen LogP contribution in [-0.4, -0.2) is 20.7 Å². The van der Waals surface area contributed by atoms with Gasteiger partial charge in [-0.15, -0.1) is 10.2 Å². The second-order valence-corrected chi connectivity index (χ2v) is 10.9.